The second kappa shape index (κ2) is 7.39. The minimum atomic E-state index is -0.129. The zero-order valence-corrected chi connectivity index (χ0v) is 13.1. The van der Waals surface area contributed by atoms with Gasteiger partial charge in [0.25, 0.3) is 0 Å². The van der Waals surface area contributed by atoms with Gasteiger partial charge in [0.05, 0.1) is 10.3 Å². The van der Waals surface area contributed by atoms with Gasteiger partial charge < -0.3 is 10.6 Å². The van der Waals surface area contributed by atoms with Crippen LogP contribution in [0.5, 0.6) is 0 Å². The molecule has 1 aromatic rings. The Morgan fingerprint density at radius 2 is 2.21 bits per heavy atom. The first-order valence-corrected chi connectivity index (χ1v) is 7.29. The molecule has 0 aromatic heterocycles. The molecule has 0 saturated carbocycles. The van der Waals surface area contributed by atoms with Crippen molar-refractivity contribution >= 4 is 41.7 Å². The van der Waals surface area contributed by atoms with Gasteiger partial charge in [-0.25, -0.2) is 0 Å². The SMILES string of the molecule is CC(Sc1ccccc1Cl)C(=O)N1CC[C@@H](N)C1.Cl. The van der Waals surface area contributed by atoms with Gasteiger partial charge in [-0.2, -0.15) is 0 Å². The highest BCUT2D eigenvalue weighted by Gasteiger charge is 2.27. The maximum Gasteiger partial charge on any atom is 0.235 e. The number of nitrogens with two attached hydrogens (primary N) is 1. The number of thioether (sulfide) groups is 1. The van der Waals surface area contributed by atoms with E-state index in [-0.39, 0.29) is 29.6 Å². The lowest BCUT2D eigenvalue weighted by molar-refractivity contribution is -0.129. The molecule has 1 saturated heterocycles. The molecule has 106 valence electrons. The second-order valence-electron chi connectivity index (χ2n) is 4.52. The molecular weight excluding hydrogens is 303 g/mol. The lowest BCUT2D eigenvalue weighted by Gasteiger charge is -2.20. The summed E-state index contributed by atoms with van der Waals surface area (Å²) in [5, 5.41) is 0.565. The van der Waals surface area contributed by atoms with Crippen LogP contribution in [0.4, 0.5) is 0 Å². The van der Waals surface area contributed by atoms with Gasteiger partial charge in [0, 0.05) is 24.0 Å². The van der Waals surface area contributed by atoms with Crippen LogP contribution in [0.15, 0.2) is 29.2 Å². The number of hydrogen-bond donors (Lipinski definition) is 1. The largest absolute Gasteiger partial charge is 0.340 e. The maximum absolute atomic E-state index is 12.2. The summed E-state index contributed by atoms with van der Waals surface area (Å²) in [5.41, 5.74) is 5.82. The van der Waals surface area contributed by atoms with Crippen molar-refractivity contribution in [2.24, 2.45) is 5.73 Å². The number of halogens is 2. The van der Waals surface area contributed by atoms with E-state index in [9.17, 15) is 4.79 Å². The highest BCUT2D eigenvalue weighted by atomic mass is 35.5. The zero-order chi connectivity index (χ0) is 13.1. The fourth-order valence-corrected chi connectivity index (χ4v) is 3.26. The van der Waals surface area contributed by atoms with Crippen LogP contribution in [0.1, 0.15) is 13.3 Å². The Labute approximate surface area is 129 Å². The average Bonchev–Trinajstić information content (AvgIpc) is 2.78. The lowest BCUT2D eigenvalue weighted by atomic mass is 10.3. The summed E-state index contributed by atoms with van der Waals surface area (Å²) < 4.78 is 0. The van der Waals surface area contributed by atoms with Crippen LogP contribution in [0.25, 0.3) is 0 Å². The number of rotatable bonds is 3. The Hall–Kier alpha value is -0.420. The normalized spacial score (nSPS) is 19.9. The van der Waals surface area contributed by atoms with Gasteiger partial charge in [-0.1, -0.05) is 23.7 Å². The van der Waals surface area contributed by atoms with Crippen molar-refractivity contribution in [1.29, 1.82) is 0 Å². The third-order valence-corrected chi connectivity index (χ3v) is 4.63. The van der Waals surface area contributed by atoms with Crippen LogP contribution in [-0.4, -0.2) is 35.2 Å². The standard InChI is InChI=1S/C13H17ClN2OS.ClH/c1-9(13(17)16-7-6-10(15)8-16)18-12-5-3-2-4-11(12)14;/h2-5,9-10H,6-8,15H2,1H3;1H/t9?,10-;/m1./s1. The van der Waals surface area contributed by atoms with Crippen molar-refractivity contribution in [3.63, 3.8) is 0 Å². The molecule has 6 heteroatoms. The van der Waals surface area contributed by atoms with Crippen LogP contribution >= 0.6 is 35.8 Å². The Bertz CT molecular complexity index is 444. The predicted octanol–water partition coefficient (Wildman–Crippen LogP) is 2.80. The Kier molecular flexibility index (Phi) is 6.47. The monoisotopic (exact) mass is 320 g/mol. The van der Waals surface area contributed by atoms with Crippen LogP contribution in [0, 0.1) is 0 Å². The first-order chi connectivity index (χ1) is 8.58. The smallest absolute Gasteiger partial charge is 0.235 e. The minimum absolute atomic E-state index is 0. The summed E-state index contributed by atoms with van der Waals surface area (Å²) in [6.07, 6.45) is 0.898. The van der Waals surface area contributed by atoms with Crippen LogP contribution in [0.3, 0.4) is 0 Å². The Morgan fingerprint density at radius 1 is 1.53 bits per heavy atom. The number of likely N-dealkylation sites (tertiary alicyclic amines) is 1. The summed E-state index contributed by atoms with van der Waals surface area (Å²) in [7, 11) is 0. The lowest BCUT2D eigenvalue weighted by Crippen LogP contribution is -2.36. The zero-order valence-electron chi connectivity index (χ0n) is 10.7. The van der Waals surface area contributed by atoms with E-state index < -0.39 is 0 Å². The van der Waals surface area contributed by atoms with Crippen LogP contribution in [0.2, 0.25) is 5.02 Å². The van der Waals surface area contributed by atoms with E-state index in [4.69, 9.17) is 17.3 Å². The highest BCUT2D eigenvalue weighted by Crippen LogP contribution is 2.31. The van der Waals surface area contributed by atoms with E-state index >= 15 is 0 Å². The van der Waals surface area contributed by atoms with E-state index in [1.807, 2.05) is 36.1 Å². The number of hydrogen-bond acceptors (Lipinski definition) is 3. The minimum Gasteiger partial charge on any atom is -0.340 e. The van der Waals surface area contributed by atoms with Crippen molar-refractivity contribution in [2.45, 2.75) is 29.5 Å². The van der Waals surface area contributed by atoms with Gasteiger partial charge in [-0.15, -0.1) is 24.2 Å². The van der Waals surface area contributed by atoms with Crippen molar-refractivity contribution in [3.05, 3.63) is 29.3 Å². The summed E-state index contributed by atoms with van der Waals surface area (Å²) in [5.74, 6) is 0.146. The summed E-state index contributed by atoms with van der Waals surface area (Å²) in [6.45, 7) is 3.36. The fraction of sp³-hybridized carbons (Fsp3) is 0.462. The molecule has 2 atom stereocenters. The molecule has 1 heterocycles. The van der Waals surface area contributed by atoms with Crippen LogP contribution < -0.4 is 5.73 Å². The van der Waals surface area contributed by atoms with Gasteiger partial charge in [-0.05, 0) is 25.5 Å². The Balaban J connectivity index is 0.00000180. The van der Waals surface area contributed by atoms with Gasteiger partial charge in [0.1, 0.15) is 0 Å². The van der Waals surface area contributed by atoms with Gasteiger partial charge in [-0.3, -0.25) is 4.79 Å². The molecule has 0 aliphatic carbocycles. The number of carbonyl (C=O) groups is 1. The average molecular weight is 321 g/mol. The molecule has 1 unspecified atom stereocenters. The number of nitrogens with zero attached hydrogens (tertiary/aromatic N) is 1. The Morgan fingerprint density at radius 3 is 2.79 bits per heavy atom. The molecule has 19 heavy (non-hydrogen) atoms. The number of amides is 1. The van der Waals surface area contributed by atoms with E-state index in [0.717, 1.165) is 17.9 Å². The van der Waals surface area contributed by atoms with Crippen LogP contribution in [-0.2, 0) is 4.79 Å². The summed E-state index contributed by atoms with van der Waals surface area (Å²) in [4.78, 5) is 15.0. The molecule has 2 N–H and O–H groups in total. The van der Waals surface area contributed by atoms with E-state index in [0.29, 0.717) is 11.6 Å². The van der Waals surface area contributed by atoms with E-state index in [2.05, 4.69) is 0 Å². The quantitative estimate of drug-likeness (QED) is 0.871. The van der Waals surface area contributed by atoms with Crippen molar-refractivity contribution < 1.29 is 4.79 Å². The molecule has 0 spiro atoms. The van der Waals surface area contributed by atoms with Gasteiger partial charge in [0.15, 0.2) is 0 Å². The van der Waals surface area contributed by atoms with E-state index in [1.165, 1.54) is 11.8 Å². The third-order valence-electron chi connectivity index (χ3n) is 3.02. The molecule has 1 aliphatic rings. The maximum atomic E-state index is 12.2. The van der Waals surface area contributed by atoms with Gasteiger partial charge in [0.2, 0.25) is 5.91 Å². The summed E-state index contributed by atoms with van der Waals surface area (Å²) in [6, 6.07) is 7.72. The first-order valence-electron chi connectivity index (χ1n) is 6.03. The number of carbonyl (C=O) groups excluding carboxylic acids is 1. The van der Waals surface area contributed by atoms with E-state index in [1.54, 1.807) is 0 Å². The molecule has 1 aromatic carbocycles. The topological polar surface area (TPSA) is 46.3 Å². The summed E-state index contributed by atoms with van der Waals surface area (Å²) >= 11 is 7.59. The molecular formula is C13H18Cl2N2OS. The third kappa shape index (κ3) is 4.28. The predicted molar refractivity (Wildman–Crippen MR) is 83.2 cm³/mol. The molecule has 3 nitrogen and oxygen atoms in total. The first kappa shape index (κ1) is 16.6. The molecule has 0 radical (unpaired) electrons. The molecule has 1 aliphatic heterocycles. The fourth-order valence-electron chi connectivity index (χ4n) is 2.03. The molecule has 1 amide bonds. The molecule has 0 bridgehead atoms. The van der Waals surface area contributed by atoms with Crippen molar-refractivity contribution in [1.82, 2.24) is 4.90 Å². The molecule has 2 rings (SSSR count). The molecule has 1 fully saturated rings. The van der Waals surface area contributed by atoms with Crippen molar-refractivity contribution in [2.75, 3.05) is 13.1 Å². The van der Waals surface area contributed by atoms with Gasteiger partial charge >= 0.3 is 0 Å². The number of benzene rings is 1. The second-order valence-corrected chi connectivity index (χ2v) is 6.31. The van der Waals surface area contributed by atoms with Crippen molar-refractivity contribution in [3.8, 4) is 0 Å². The highest BCUT2D eigenvalue weighted by molar-refractivity contribution is 8.00.